The second-order valence-corrected chi connectivity index (χ2v) is 6.01. The molecule has 0 spiro atoms. The first-order valence-electron chi connectivity index (χ1n) is 7.93. The Bertz CT molecular complexity index is 911. The van der Waals surface area contributed by atoms with Gasteiger partial charge in [0.15, 0.2) is 0 Å². The van der Waals surface area contributed by atoms with Crippen LogP contribution in [0.25, 0.3) is 10.9 Å². The standard InChI is InChI=1S/C20H20N4/c1-13(2)17-12-16(11-15-9-6-10-23-19(15)17)20(24-22)18(21)14-7-4-3-5-8-14/h3-13,21H,22H2,1-2H3/b21-18?,24-20-. The van der Waals surface area contributed by atoms with E-state index in [0.717, 1.165) is 27.6 Å². The number of nitrogens with one attached hydrogen (secondary N) is 1. The molecule has 0 aliphatic carbocycles. The number of hydrazone groups is 1. The van der Waals surface area contributed by atoms with E-state index >= 15 is 0 Å². The predicted octanol–water partition coefficient (Wildman–Crippen LogP) is 4.09. The number of pyridine rings is 1. The smallest absolute Gasteiger partial charge is 0.115 e. The van der Waals surface area contributed by atoms with Crippen molar-refractivity contribution in [2.75, 3.05) is 0 Å². The fraction of sp³-hybridized carbons (Fsp3) is 0.150. The predicted molar refractivity (Wildman–Crippen MR) is 99.8 cm³/mol. The van der Waals surface area contributed by atoms with Gasteiger partial charge in [0.2, 0.25) is 0 Å². The minimum absolute atomic E-state index is 0.312. The molecule has 3 aromatic rings. The molecule has 0 unspecified atom stereocenters. The number of rotatable bonds is 4. The Labute approximate surface area is 141 Å². The molecule has 1 heterocycles. The van der Waals surface area contributed by atoms with Gasteiger partial charge in [0.1, 0.15) is 5.71 Å². The number of hydrogen-bond donors (Lipinski definition) is 2. The summed E-state index contributed by atoms with van der Waals surface area (Å²) < 4.78 is 0. The van der Waals surface area contributed by atoms with Gasteiger partial charge in [-0.1, -0.05) is 50.2 Å². The molecule has 1 aromatic heterocycles. The summed E-state index contributed by atoms with van der Waals surface area (Å²) in [5, 5.41) is 13.4. The zero-order valence-electron chi connectivity index (χ0n) is 13.8. The maximum absolute atomic E-state index is 8.48. The third kappa shape index (κ3) is 2.91. The number of hydrogen-bond acceptors (Lipinski definition) is 4. The highest BCUT2D eigenvalue weighted by Crippen LogP contribution is 2.26. The molecular formula is C20H20N4. The third-order valence-electron chi connectivity index (χ3n) is 4.06. The number of aromatic nitrogens is 1. The molecular weight excluding hydrogens is 296 g/mol. The Balaban J connectivity index is 2.15. The molecule has 3 N–H and O–H groups in total. The fourth-order valence-electron chi connectivity index (χ4n) is 2.82. The second-order valence-electron chi connectivity index (χ2n) is 6.01. The van der Waals surface area contributed by atoms with E-state index in [0.29, 0.717) is 17.3 Å². The van der Waals surface area contributed by atoms with Crippen LogP contribution in [-0.4, -0.2) is 16.4 Å². The lowest BCUT2D eigenvalue weighted by Crippen LogP contribution is -2.18. The molecule has 0 atom stereocenters. The molecule has 0 amide bonds. The van der Waals surface area contributed by atoms with Crippen molar-refractivity contribution in [3.8, 4) is 0 Å². The molecule has 120 valence electrons. The van der Waals surface area contributed by atoms with Crippen LogP contribution in [0.15, 0.2) is 65.9 Å². The fourth-order valence-corrected chi connectivity index (χ4v) is 2.82. The lowest BCUT2D eigenvalue weighted by Gasteiger charge is -2.14. The van der Waals surface area contributed by atoms with E-state index in [4.69, 9.17) is 11.3 Å². The van der Waals surface area contributed by atoms with E-state index in [9.17, 15) is 0 Å². The average Bonchev–Trinajstić information content (AvgIpc) is 2.62. The lowest BCUT2D eigenvalue weighted by molar-refractivity contribution is 0.872. The Morgan fingerprint density at radius 2 is 1.79 bits per heavy atom. The molecule has 0 bridgehead atoms. The molecule has 24 heavy (non-hydrogen) atoms. The van der Waals surface area contributed by atoms with Gasteiger partial charge >= 0.3 is 0 Å². The topological polar surface area (TPSA) is 75.1 Å². The summed E-state index contributed by atoms with van der Waals surface area (Å²) in [7, 11) is 0. The van der Waals surface area contributed by atoms with Crippen molar-refractivity contribution in [2.24, 2.45) is 10.9 Å². The van der Waals surface area contributed by atoms with E-state index in [1.165, 1.54) is 0 Å². The first kappa shape index (κ1) is 15.9. The van der Waals surface area contributed by atoms with Crippen LogP contribution in [0, 0.1) is 5.41 Å². The summed E-state index contributed by atoms with van der Waals surface area (Å²) in [6, 6.07) is 17.5. The maximum Gasteiger partial charge on any atom is 0.115 e. The second kappa shape index (κ2) is 6.62. The van der Waals surface area contributed by atoms with Gasteiger partial charge in [-0.3, -0.25) is 10.4 Å². The molecule has 0 aliphatic rings. The summed E-state index contributed by atoms with van der Waals surface area (Å²) in [4.78, 5) is 4.51. The van der Waals surface area contributed by atoms with Crippen molar-refractivity contribution in [3.05, 3.63) is 77.5 Å². The molecule has 0 radical (unpaired) electrons. The minimum atomic E-state index is 0.312. The normalized spacial score (nSPS) is 11.9. The van der Waals surface area contributed by atoms with Crippen molar-refractivity contribution in [1.82, 2.24) is 4.98 Å². The van der Waals surface area contributed by atoms with Crippen LogP contribution < -0.4 is 5.84 Å². The monoisotopic (exact) mass is 316 g/mol. The number of fused-ring (bicyclic) bond motifs is 1. The van der Waals surface area contributed by atoms with E-state index in [-0.39, 0.29) is 0 Å². The summed E-state index contributed by atoms with van der Waals surface area (Å²) >= 11 is 0. The summed E-state index contributed by atoms with van der Waals surface area (Å²) in [5.41, 5.74) is 4.54. The first-order chi connectivity index (χ1) is 11.6. The summed E-state index contributed by atoms with van der Waals surface area (Å²) in [6.07, 6.45) is 1.80. The molecule has 4 heteroatoms. The lowest BCUT2D eigenvalue weighted by atomic mass is 9.92. The highest BCUT2D eigenvalue weighted by molar-refractivity contribution is 6.52. The van der Waals surface area contributed by atoms with Gasteiger partial charge in [-0.15, -0.1) is 0 Å². The molecule has 2 aromatic carbocycles. The van der Waals surface area contributed by atoms with Crippen LogP contribution in [0.4, 0.5) is 0 Å². The van der Waals surface area contributed by atoms with E-state index in [1.54, 1.807) is 6.20 Å². The third-order valence-corrected chi connectivity index (χ3v) is 4.06. The Morgan fingerprint density at radius 3 is 2.46 bits per heavy atom. The van der Waals surface area contributed by atoms with Crippen molar-refractivity contribution >= 4 is 22.3 Å². The van der Waals surface area contributed by atoms with Crippen molar-refractivity contribution in [3.63, 3.8) is 0 Å². The first-order valence-corrected chi connectivity index (χ1v) is 7.93. The zero-order chi connectivity index (χ0) is 17.1. The van der Waals surface area contributed by atoms with Crippen LogP contribution in [0.5, 0.6) is 0 Å². The van der Waals surface area contributed by atoms with Gasteiger partial charge in [-0.05, 0) is 29.7 Å². The van der Waals surface area contributed by atoms with Gasteiger partial charge in [0, 0.05) is 22.7 Å². The zero-order valence-corrected chi connectivity index (χ0v) is 13.8. The van der Waals surface area contributed by atoms with Crippen molar-refractivity contribution < 1.29 is 0 Å². The van der Waals surface area contributed by atoms with Crippen LogP contribution in [0.2, 0.25) is 0 Å². The highest BCUT2D eigenvalue weighted by Gasteiger charge is 2.16. The summed E-state index contributed by atoms with van der Waals surface area (Å²) in [6.45, 7) is 4.27. The van der Waals surface area contributed by atoms with Crippen molar-refractivity contribution in [1.29, 1.82) is 5.41 Å². The maximum atomic E-state index is 8.48. The van der Waals surface area contributed by atoms with Crippen LogP contribution >= 0.6 is 0 Å². The number of nitrogens with zero attached hydrogens (tertiary/aromatic N) is 2. The minimum Gasteiger partial charge on any atom is -0.323 e. The van der Waals surface area contributed by atoms with Gasteiger partial charge in [0.25, 0.3) is 0 Å². The van der Waals surface area contributed by atoms with E-state index in [1.807, 2.05) is 54.6 Å². The van der Waals surface area contributed by atoms with E-state index < -0.39 is 0 Å². The molecule has 0 saturated heterocycles. The molecule has 0 fully saturated rings. The molecule has 0 aliphatic heterocycles. The van der Waals surface area contributed by atoms with Gasteiger partial charge in [0.05, 0.1) is 11.2 Å². The molecule has 4 nitrogen and oxygen atoms in total. The van der Waals surface area contributed by atoms with Crippen molar-refractivity contribution in [2.45, 2.75) is 19.8 Å². The SMILES string of the molecule is CC(C)c1cc(/C(=N/N)C(=N)c2ccccc2)cc2cccnc12. The van der Waals surface area contributed by atoms with Gasteiger partial charge in [-0.25, -0.2) is 0 Å². The Morgan fingerprint density at radius 1 is 1.04 bits per heavy atom. The molecule has 0 saturated carbocycles. The van der Waals surface area contributed by atoms with Gasteiger partial charge < -0.3 is 5.84 Å². The van der Waals surface area contributed by atoms with E-state index in [2.05, 4.69) is 23.9 Å². The Hall–Kier alpha value is -3.01. The Kier molecular flexibility index (Phi) is 4.38. The van der Waals surface area contributed by atoms with Crippen LogP contribution in [0.3, 0.4) is 0 Å². The number of benzene rings is 2. The molecule has 3 rings (SSSR count). The number of nitrogens with two attached hydrogens (primary N) is 1. The quantitative estimate of drug-likeness (QED) is 0.432. The average molecular weight is 316 g/mol. The highest BCUT2D eigenvalue weighted by atomic mass is 15.1. The van der Waals surface area contributed by atoms with Crippen LogP contribution in [0.1, 0.15) is 36.5 Å². The summed E-state index contributed by atoms with van der Waals surface area (Å²) in [5.74, 6) is 5.96. The van der Waals surface area contributed by atoms with Gasteiger partial charge in [-0.2, -0.15) is 5.10 Å². The van der Waals surface area contributed by atoms with Crippen LogP contribution in [-0.2, 0) is 0 Å². The largest absolute Gasteiger partial charge is 0.323 e.